The summed E-state index contributed by atoms with van der Waals surface area (Å²) < 4.78 is 24.9. The number of hydrazine groups is 1. The topological polar surface area (TPSA) is 75.4 Å². The molecule has 1 heterocycles. The molecule has 3 N–H and O–H groups in total. The molecule has 2 unspecified atom stereocenters. The van der Waals surface area contributed by atoms with E-state index in [2.05, 4.69) is 5.43 Å². The SMILES string of the molecule is CS(=O)(=O)N1CCCC(CC(NN)C2CCCC2)C1. The predicted octanol–water partition coefficient (Wildman–Crippen LogP) is 1.07. The maximum atomic E-state index is 11.6. The van der Waals surface area contributed by atoms with Crippen molar-refractivity contribution in [1.29, 1.82) is 0 Å². The fraction of sp³-hybridized carbons (Fsp3) is 1.00. The minimum Gasteiger partial charge on any atom is -0.271 e. The molecule has 1 aliphatic heterocycles. The molecule has 19 heavy (non-hydrogen) atoms. The summed E-state index contributed by atoms with van der Waals surface area (Å²) in [6.45, 7) is 1.35. The molecular formula is C13H27N3O2S. The third-order valence-electron chi connectivity index (χ3n) is 4.72. The van der Waals surface area contributed by atoms with Crippen LogP contribution in [0, 0.1) is 11.8 Å². The predicted molar refractivity (Wildman–Crippen MR) is 76.8 cm³/mol. The van der Waals surface area contributed by atoms with Crippen LogP contribution >= 0.6 is 0 Å². The Morgan fingerprint density at radius 3 is 2.53 bits per heavy atom. The number of nitrogens with zero attached hydrogens (tertiary/aromatic N) is 1. The van der Waals surface area contributed by atoms with Crippen molar-refractivity contribution in [1.82, 2.24) is 9.73 Å². The highest BCUT2D eigenvalue weighted by Gasteiger charge is 2.31. The highest BCUT2D eigenvalue weighted by Crippen LogP contribution is 2.32. The lowest BCUT2D eigenvalue weighted by atomic mass is 9.86. The summed E-state index contributed by atoms with van der Waals surface area (Å²) in [4.78, 5) is 0. The summed E-state index contributed by atoms with van der Waals surface area (Å²) >= 11 is 0. The Morgan fingerprint density at radius 1 is 1.26 bits per heavy atom. The molecule has 0 spiro atoms. The number of rotatable bonds is 5. The van der Waals surface area contributed by atoms with Gasteiger partial charge in [0.05, 0.1) is 6.26 Å². The molecule has 6 heteroatoms. The van der Waals surface area contributed by atoms with Crippen LogP contribution in [0.4, 0.5) is 0 Å². The van der Waals surface area contributed by atoms with Crippen molar-refractivity contribution < 1.29 is 8.42 Å². The van der Waals surface area contributed by atoms with Crippen molar-refractivity contribution >= 4 is 10.0 Å². The van der Waals surface area contributed by atoms with E-state index in [9.17, 15) is 8.42 Å². The van der Waals surface area contributed by atoms with Gasteiger partial charge in [-0.1, -0.05) is 12.8 Å². The van der Waals surface area contributed by atoms with E-state index in [4.69, 9.17) is 5.84 Å². The number of hydrogen-bond acceptors (Lipinski definition) is 4. The van der Waals surface area contributed by atoms with Crippen molar-refractivity contribution in [2.24, 2.45) is 17.7 Å². The molecule has 0 aromatic carbocycles. The summed E-state index contributed by atoms with van der Waals surface area (Å²) in [6, 6.07) is 0.354. The van der Waals surface area contributed by atoms with E-state index in [1.165, 1.54) is 31.9 Å². The summed E-state index contributed by atoms with van der Waals surface area (Å²) in [5.41, 5.74) is 2.98. The van der Waals surface area contributed by atoms with Crippen molar-refractivity contribution in [2.45, 2.75) is 51.0 Å². The molecule has 2 aliphatic rings. The third kappa shape index (κ3) is 4.15. The van der Waals surface area contributed by atoms with E-state index >= 15 is 0 Å². The smallest absolute Gasteiger partial charge is 0.211 e. The van der Waals surface area contributed by atoms with E-state index in [1.54, 1.807) is 4.31 Å². The molecule has 1 aliphatic carbocycles. The van der Waals surface area contributed by atoms with Gasteiger partial charge in [0.25, 0.3) is 0 Å². The summed E-state index contributed by atoms with van der Waals surface area (Å²) in [5, 5.41) is 0. The Labute approximate surface area is 116 Å². The molecule has 0 amide bonds. The van der Waals surface area contributed by atoms with Gasteiger partial charge in [0.15, 0.2) is 0 Å². The van der Waals surface area contributed by atoms with E-state index in [0.717, 1.165) is 19.3 Å². The molecule has 2 fully saturated rings. The lowest BCUT2D eigenvalue weighted by Crippen LogP contribution is -2.45. The van der Waals surface area contributed by atoms with Crippen LogP contribution in [0.1, 0.15) is 44.9 Å². The van der Waals surface area contributed by atoms with E-state index in [0.29, 0.717) is 31.0 Å². The largest absolute Gasteiger partial charge is 0.271 e. The molecule has 1 saturated carbocycles. The molecule has 1 saturated heterocycles. The number of piperidine rings is 1. The maximum absolute atomic E-state index is 11.6. The quantitative estimate of drug-likeness (QED) is 0.586. The molecular weight excluding hydrogens is 262 g/mol. The molecule has 0 bridgehead atoms. The normalized spacial score (nSPS) is 28.6. The first kappa shape index (κ1) is 15.2. The molecule has 2 rings (SSSR count). The molecule has 5 nitrogen and oxygen atoms in total. The highest BCUT2D eigenvalue weighted by atomic mass is 32.2. The standard InChI is InChI=1S/C13H27N3O2S/c1-19(17,18)16-8-4-5-11(10-16)9-13(15-14)12-6-2-3-7-12/h11-13,15H,2-10,14H2,1H3. The number of nitrogens with two attached hydrogens (primary N) is 1. The minimum absolute atomic E-state index is 0.354. The third-order valence-corrected chi connectivity index (χ3v) is 5.99. The maximum Gasteiger partial charge on any atom is 0.211 e. The Hall–Kier alpha value is -0.170. The summed E-state index contributed by atoms with van der Waals surface area (Å²) in [5.74, 6) is 6.84. The van der Waals surface area contributed by atoms with Gasteiger partial charge in [0.2, 0.25) is 10.0 Å². The molecule has 112 valence electrons. The molecule has 0 aromatic rings. The lowest BCUT2D eigenvalue weighted by Gasteiger charge is -2.34. The van der Waals surface area contributed by atoms with Crippen molar-refractivity contribution in [3.05, 3.63) is 0 Å². The van der Waals surface area contributed by atoms with Gasteiger partial charge in [-0.15, -0.1) is 0 Å². The van der Waals surface area contributed by atoms with Crippen LogP contribution in [0.25, 0.3) is 0 Å². The second kappa shape index (κ2) is 6.52. The first-order chi connectivity index (χ1) is 9.00. The molecule has 0 aromatic heterocycles. The van der Waals surface area contributed by atoms with E-state index in [-0.39, 0.29) is 0 Å². The number of sulfonamides is 1. The van der Waals surface area contributed by atoms with Gasteiger partial charge >= 0.3 is 0 Å². The van der Waals surface area contributed by atoms with Gasteiger partial charge in [-0.05, 0) is 43.9 Å². The zero-order valence-electron chi connectivity index (χ0n) is 11.8. The first-order valence-corrected chi connectivity index (χ1v) is 9.27. The fourth-order valence-corrected chi connectivity index (χ4v) is 4.58. The lowest BCUT2D eigenvalue weighted by molar-refractivity contribution is 0.214. The Bertz CT molecular complexity index is 379. The van der Waals surface area contributed by atoms with Crippen LogP contribution in [0.5, 0.6) is 0 Å². The zero-order valence-corrected chi connectivity index (χ0v) is 12.7. The summed E-state index contributed by atoms with van der Waals surface area (Å²) in [7, 11) is -3.04. The van der Waals surface area contributed by atoms with E-state index < -0.39 is 10.0 Å². The number of nitrogens with one attached hydrogen (secondary N) is 1. The Kier molecular flexibility index (Phi) is 5.22. The van der Waals surface area contributed by atoms with Gasteiger partial charge in [-0.2, -0.15) is 0 Å². The number of hydrogen-bond donors (Lipinski definition) is 2. The monoisotopic (exact) mass is 289 g/mol. The van der Waals surface area contributed by atoms with Gasteiger partial charge in [0, 0.05) is 19.1 Å². The first-order valence-electron chi connectivity index (χ1n) is 7.42. The summed E-state index contributed by atoms with van der Waals surface area (Å²) in [6.07, 6.45) is 9.55. The van der Waals surface area contributed by atoms with Crippen molar-refractivity contribution in [3.63, 3.8) is 0 Å². The van der Waals surface area contributed by atoms with Crippen LogP contribution in [-0.2, 0) is 10.0 Å². The Morgan fingerprint density at radius 2 is 1.95 bits per heavy atom. The fourth-order valence-electron chi connectivity index (χ4n) is 3.64. The van der Waals surface area contributed by atoms with Crippen LogP contribution in [0.15, 0.2) is 0 Å². The van der Waals surface area contributed by atoms with Gasteiger partial charge in [0.1, 0.15) is 0 Å². The average molecular weight is 289 g/mol. The second-order valence-corrected chi connectivity index (χ2v) is 8.17. The van der Waals surface area contributed by atoms with Gasteiger partial charge in [-0.3, -0.25) is 11.3 Å². The second-order valence-electron chi connectivity index (χ2n) is 6.18. The Balaban J connectivity index is 1.90. The minimum atomic E-state index is -3.04. The van der Waals surface area contributed by atoms with Crippen LogP contribution < -0.4 is 11.3 Å². The average Bonchev–Trinajstić information content (AvgIpc) is 2.89. The molecule has 0 radical (unpaired) electrons. The van der Waals surface area contributed by atoms with Crippen LogP contribution in [-0.4, -0.2) is 38.1 Å². The van der Waals surface area contributed by atoms with E-state index in [1.807, 2.05) is 0 Å². The van der Waals surface area contributed by atoms with Crippen molar-refractivity contribution in [2.75, 3.05) is 19.3 Å². The highest BCUT2D eigenvalue weighted by molar-refractivity contribution is 7.88. The van der Waals surface area contributed by atoms with Gasteiger partial charge in [-0.25, -0.2) is 12.7 Å². The van der Waals surface area contributed by atoms with Crippen molar-refractivity contribution in [3.8, 4) is 0 Å². The van der Waals surface area contributed by atoms with Gasteiger partial charge < -0.3 is 0 Å². The van der Waals surface area contributed by atoms with Crippen LogP contribution in [0.2, 0.25) is 0 Å². The zero-order chi connectivity index (χ0) is 13.9. The molecule has 2 atom stereocenters. The van der Waals surface area contributed by atoms with Crippen LogP contribution in [0.3, 0.4) is 0 Å².